The Balaban J connectivity index is 2.82. The molecule has 0 saturated heterocycles. The highest BCUT2D eigenvalue weighted by atomic mass is 32.1. The van der Waals surface area contributed by atoms with Crippen LogP contribution in [0.5, 0.6) is 5.75 Å². The molecule has 0 heterocycles. The van der Waals surface area contributed by atoms with Crippen molar-refractivity contribution in [2.45, 2.75) is 288 Å². The number of carbonyl (C=O) groups is 2. The molecule has 0 saturated carbocycles. The Kier molecular flexibility index (Phi) is 33.1. The van der Waals surface area contributed by atoms with Gasteiger partial charge in [-0.05, 0) is 74.3 Å². The maximum atomic E-state index is 11.9. The van der Waals surface area contributed by atoms with E-state index < -0.39 is 21.4 Å². The number of hydrogen-bond donors (Lipinski definition) is 5. The number of phenols is 1. The van der Waals surface area contributed by atoms with E-state index in [9.17, 15) is 24.9 Å². The van der Waals surface area contributed by atoms with Gasteiger partial charge < -0.3 is 15.3 Å². The first-order valence-electron chi connectivity index (χ1n) is 25.6. The lowest BCUT2D eigenvalue weighted by molar-refractivity contribution is -0.138. The molecule has 1 rings (SSSR count). The number of aliphatic carboxylic acids is 2. The molecule has 5 nitrogen and oxygen atoms in total. The Hall–Kier alpha value is -1.34. The van der Waals surface area contributed by atoms with Crippen molar-refractivity contribution in [3.8, 4) is 5.75 Å². The zero-order valence-electron chi connectivity index (χ0n) is 39.9. The van der Waals surface area contributed by atoms with Crippen LogP contribution in [-0.4, -0.2) is 27.3 Å². The van der Waals surface area contributed by atoms with Gasteiger partial charge in [-0.3, -0.25) is 9.59 Å². The molecule has 2 atom stereocenters. The van der Waals surface area contributed by atoms with Crippen molar-refractivity contribution in [3.05, 3.63) is 27.8 Å². The minimum Gasteiger partial charge on any atom is -0.507 e. The summed E-state index contributed by atoms with van der Waals surface area (Å²) in [6.07, 6.45) is 43.6. The Morgan fingerprint density at radius 2 is 0.600 bits per heavy atom. The number of carboxylic acids is 2. The number of carboxylic acid groups (broad SMARTS) is 2. The monoisotopic (exact) mass is 877 g/mol. The van der Waals surface area contributed by atoms with Gasteiger partial charge in [0.15, 0.2) is 0 Å². The second-order valence-corrected chi connectivity index (χ2v) is 20.6. The fraction of sp³-hybridized carbons (Fsp3) is 0.849. The molecule has 0 amide bonds. The van der Waals surface area contributed by atoms with Crippen LogP contribution < -0.4 is 0 Å². The van der Waals surface area contributed by atoms with Gasteiger partial charge in [-0.2, -0.15) is 25.3 Å². The van der Waals surface area contributed by atoms with Gasteiger partial charge in [-0.15, -0.1) is 0 Å². The van der Waals surface area contributed by atoms with Crippen molar-refractivity contribution in [3.63, 3.8) is 0 Å². The van der Waals surface area contributed by atoms with Crippen molar-refractivity contribution in [2.24, 2.45) is 0 Å². The Morgan fingerprint density at radius 1 is 0.383 bits per heavy atom. The molecule has 0 spiro atoms. The number of unbranched alkanes of at least 4 members (excludes halogenated alkanes) is 30. The van der Waals surface area contributed by atoms with Gasteiger partial charge in [-0.25, -0.2) is 0 Å². The fourth-order valence-corrected chi connectivity index (χ4v) is 11.1. The molecule has 1 aromatic rings. The van der Waals surface area contributed by atoms with Crippen LogP contribution in [0.25, 0.3) is 0 Å². The van der Waals surface area contributed by atoms with Crippen LogP contribution in [0.15, 0.2) is 0 Å². The lowest BCUT2D eigenvalue weighted by atomic mass is 9.75. The predicted molar refractivity (Wildman–Crippen MR) is 266 cm³/mol. The number of benzene rings is 1. The number of rotatable bonds is 42. The first-order chi connectivity index (χ1) is 28.8. The fourth-order valence-electron chi connectivity index (χ4n) is 9.91. The number of aromatic hydroxyl groups is 1. The maximum absolute atomic E-state index is 11.9. The van der Waals surface area contributed by atoms with Crippen LogP contribution in [0.3, 0.4) is 0 Å². The van der Waals surface area contributed by atoms with Gasteiger partial charge in [-0.1, -0.05) is 219 Å². The van der Waals surface area contributed by atoms with Gasteiger partial charge in [0.05, 0.1) is 0 Å². The standard InChI is InChI=1S/C53H96O5S2/c1-6-8-10-12-14-16-18-20-22-24-26-28-30-32-34-36-40-52(59,42-38-47(54)55)49-44(3)50(46(5)51(58)45(49)4)53(60,43-39-48(56)57)41-37-35-33-31-29-27-25-23-21-19-17-15-13-11-9-7-2/h58-60H,6-43H2,1-5H3,(H,54,55)(H,56,57). The highest BCUT2D eigenvalue weighted by Crippen LogP contribution is 2.51. The molecule has 350 valence electrons. The molecule has 60 heavy (non-hydrogen) atoms. The van der Waals surface area contributed by atoms with Crippen molar-refractivity contribution in [1.82, 2.24) is 0 Å². The highest BCUT2D eigenvalue weighted by molar-refractivity contribution is 7.81. The number of thiol groups is 2. The van der Waals surface area contributed by atoms with E-state index in [0.717, 1.165) is 79.2 Å². The number of hydrogen-bond acceptors (Lipinski definition) is 5. The van der Waals surface area contributed by atoms with Crippen molar-refractivity contribution >= 4 is 37.2 Å². The van der Waals surface area contributed by atoms with Crippen LogP contribution in [-0.2, 0) is 19.1 Å². The third-order valence-electron chi connectivity index (χ3n) is 13.5. The highest BCUT2D eigenvalue weighted by Gasteiger charge is 2.39. The summed E-state index contributed by atoms with van der Waals surface area (Å²) in [5.41, 5.74) is 4.30. The van der Waals surface area contributed by atoms with Crippen molar-refractivity contribution in [1.29, 1.82) is 0 Å². The van der Waals surface area contributed by atoms with Crippen LogP contribution in [0.2, 0.25) is 0 Å². The van der Waals surface area contributed by atoms with Gasteiger partial charge >= 0.3 is 11.9 Å². The molecule has 0 bridgehead atoms. The Labute approximate surface area is 382 Å². The van der Waals surface area contributed by atoms with Gasteiger partial charge in [0.2, 0.25) is 0 Å². The largest absolute Gasteiger partial charge is 0.507 e. The molecule has 0 aromatic heterocycles. The summed E-state index contributed by atoms with van der Waals surface area (Å²) in [4.78, 5) is 23.9. The van der Waals surface area contributed by atoms with Gasteiger partial charge in [0, 0.05) is 22.3 Å². The van der Waals surface area contributed by atoms with Crippen LogP contribution in [0.1, 0.15) is 286 Å². The van der Waals surface area contributed by atoms with E-state index in [4.69, 9.17) is 25.3 Å². The van der Waals surface area contributed by atoms with E-state index in [1.54, 1.807) is 0 Å². The quantitative estimate of drug-likeness (QED) is 0.0333. The Bertz CT molecular complexity index is 1180. The molecule has 0 radical (unpaired) electrons. The minimum absolute atomic E-state index is 0.00453. The second kappa shape index (κ2) is 35.1. The summed E-state index contributed by atoms with van der Waals surface area (Å²) in [6.45, 7) is 10.5. The summed E-state index contributed by atoms with van der Waals surface area (Å²) >= 11 is 10.7. The van der Waals surface area contributed by atoms with Gasteiger partial charge in [0.1, 0.15) is 5.75 Å². The molecule has 0 aliphatic rings. The molecule has 0 aliphatic heterocycles. The number of phenolic OH excluding ortho intramolecular Hbond substituents is 1. The average Bonchev–Trinajstić information content (AvgIpc) is 3.21. The molecule has 3 N–H and O–H groups in total. The van der Waals surface area contributed by atoms with Gasteiger partial charge in [0.25, 0.3) is 0 Å². The van der Waals surface area contributed by atoms with E-state index in [0.29, 0.717) is 12.8 Å². The normalized spacial score (nSPS) is 13.7. The third kappa shape index (κ3) is 24.5. The SMILES string of the molecule is CCCCCCCCCCCCCCCCCCC(S)(CCC(=O)O)c1c(C)c(O)c(C)c(C(S)(CCCCCCCCCCCCCCCCCC)CCC(=O)O)c1C. The molecule has 0 aliphatic carbocycles. The van der Waals surface area contributed by atoms with E-state index in [-0.39, 0.29) is 18.6 Å². The predicted octanol–water partition coefficient (Wildman–Crippen LogP) is 17.6. The average molecular weight is 877 g/mol. The van der Waals surface area contributed by atoms with E-state index in [1.165, 1.54) is 167 Å². The summed E-state index contributed by atoms with van der Waals surface area (Å²) in [7, 11) is 0. The summed E-state index contributed by atoms with van der Waals surface area (Å²) < 4.78 is -1.48. The lowest BCUT2D eigenvalue weighted by Gasteiger charge is -2.38. The van der Waals surface area contributed by atoms with Crippen LogP contribution in [0, 0.1) is 20.8 Å². The smallest absolute Gasteiger partial charge is 0.303 e. The van der Waals surface area contributed by atoms with Crippen molar-refractivity contribution in [2.75, 3.05) is 0 Å². The molecule has 1 aromatic carbocycles. The zero-order valence-corrected chi connectivity index (χ0v) is 41.7. The van der Waals surface area contributed by atoms with Crippen LogP contribution in [0.4, 0.5) is 0 Å². The summed E-state index contributed by atoms with van der Waals surface area (Å²) in [5.74, 6) is -1.49. The molecular weight excluding hydrogens is 781 g/mol. The third-order valence-corrected chi connectivity index (χ3v) is 14.9. The Morgan fingerprint density at radius 3 is 0.817 bits per heavy atom. The first-order valence-corrected chi connectivity index (χ1v) is 26.5. The summed E-state index contributed by atoms with van der Waals surface area (Å²) in [6, 6.07) is 0. The second-order valence-electron chi connectivity index (χ2n) is 18.9. The molecular formula is C53H96O5S2. The van der Waals surface area contributed by atoms with E-state index in [2.05, 4.69) is 20.8 Å². The topological polar surface area (TPSA) is 94.8 Å². The van der Waals surface area contributed by atoms with E-state index >= 15 is 0 Å². The lowest BCUT2D eigenvalue weighted by Crippen LogP contribution is -2.28. The first kappa shape index (κ1) is 56.7. The van der Waals surface area contributed by atoms with E-state index in [1.807, 2.05) is 13.8 Å². The molecule has 7 heteroatoms. The molecule has 0 fully saturated rings. The maximum Gasteiger partial charge on any atom is 0.303 e. The van der Waals surface area contributed by atoms with Crippen molar-refractivity contribution < 1.29 is 24.9 Å². The summed E-state index contributed by atoms with van der Waals surface area (Å²) in [5, 5.41) is 31.3. The minimum atomic E-state index is -0.847. The van der Waals surface area contributed by atoms with Crippen LogP contribution >= 0.6 is 25.3 Å². The zero-order chi connectivity index (χ0) is 44.5. The molecule has 2 unspecified atom stereocenters.